The molecule has 0 saturated heterocycles. The lowest BCUT2D eigenvalue weighted by Gasteiger charge is -2.16. The van der Waals surface area contributed by atoms with Crippen LogP contribution in [0.2, 0.25) is 0 Å². The minimum absolute atomic E-state index is 0.0128. The fourth-order valence-corrected chi connectivity index (χ4v) is 1.53. The van der Waals surface area contributed by atoms with Gasteiger partial charge < -0.3 is 19.2 Å². The molecular weight excluding hydrogens is 279 g/mol. The van der Waals surface area contributed by atoms with Gasteiger partial charge in [0, 0.05) is 0 Å². The second-order valence-electron chi connectivity index (χ2n) is 3.93. The quantitative estimate of drug-likeness (QED) is 0.782. The van der Waals surface area contributed by atoms with Crippen molar-refractivity contribution in [3.8, 4) is 0 Å². The molecule has 1 atom stereocenters. The third-order valence-electron chi connectivity index (χ3n) is 2.36. The third-order valence-corrected chi connectivity index (χ3v) is 2.36. The Morgan fingerprint density at radius 1 is 1.45 bits per heavy atom. The summed E-state index contributed by atoms with van der Waals surface area (Å²) < 4.78 is 50.4. The molecule has 20 heavy (non-hydrogen) atoms. The molecule has 1 aromatic rings. The topological polar surface area (TPSA) is 60.7 Å². The van der Waals surface area contributed by atoms with Gasteiger partial charge in [-0.3, -0.25) is 0 Å². The zero-order valence-electron chi connectivity index (χ0n) is 11.1. The summed E-state index contributed by atoms with van der Waals surface area (Å²) in [4.78, 5) is 11.2. The van der Waals surface area contributed by atoms with E-state index in [0.717, 1.165) is 0 Å². The fourth-order valence-electron chi connectivity index (χ4n) is 1.53. The van der Waals surface area contributed by atoms with Crippen molar-refractivity contribution < 1.29 is 31.9 Å². The van der Waals surface area contributed by atoms with E-state index in [1.54, 1.807) is 6.92 Å². The molecule has 0 spiro atoms. The van der Waals surface area contributed by atoms with Gasteiger partial charge in [0.2, 0.25) is 5.76 Å². The van der Waals surface area contributed by atoms with Gasteiger partial charge in [-0.2, -0.15) is 13.2 Å². The van der Waals surface area contributed by atoms with Gasteiger partial charge >= 0.3 is 12.1 Å². The van der Waals surface area contributed by atoms with Gasteiger partial charge in [-0.15, -0.1) is 0 Å². The molecule has 1 aromatic heterocycles. The highest BCUT2D eigenvalue weighted by molar-refractivity contribution is 5.86. The number of carbonyl (C=O) groups excluding carboxylic acids is 1. The Bertz CT molecular complexity index is 431. The van der Waals surface area contributed by atoms with E-state index < -0.39 is 24.8 Å². The van der Waals surface area contributed by atoms with Crippen LogP contribution in [0.1, 0.15) is 29.3 Å². The van der Waals surface area contributed by atoms with Crippen LogP contribution in [0, 0.1) is 0 Å². The zero-order chi connectivity index (χ0) is 15.2. The summed E-state index contributed by atoms with van der Waals surface area (Å²) in [6.45, 7) is 0.746. The smallest absolute Gasteiger partial charge is 0.411 e. The summed E-state index contributed by atoms with van der Waals surface area (Å²) in [5.74, 6) is -0.349. The van der Waals surface area contributed by atoms with Crippen LogP contribution < -0.4 is 5.32 Å². The number of ether oxygens (including phenoxy) is 2. The molecule has 0 aliphatic carbocycles. The van der Waals surface area contributed by atoms with Crippen LogP contribution in [0.25, 0.3) is 0 Å². The van der Waals surface area contributed by atoms with Gasteiger partial charge in [0.25, 0.3) is 0 Å². The minimum atomic E-state index is -4.38. The van der Waals surface area contributed by atoms with Crippen LogP contribution >= 0.6 is 0 Å². The molecule has 0 bridgehead atoms. The maximum Gasteiger partial charge on any atom is 0.411 e. The van der Waals surface area contributed by atoms with Crippen molar-refractivity contribution in [3.63, 3.8) is 0 Å². The molecule has 114 valence electrons. The maximum atomic E-state index is 12.0. The van der Waals surface area contributed by atoms with Gasteiger partial charge in [-0.25, -0.2) is 4.79 Å². The molecule has 5 nitrogen and oxygen atoms in total. The highest BCUT2D eigenvalue weighted by Crippen LogP contribution is 2.20. The second kappa shape index (κ2) is 7.30. The van der Waals surface area contributed by atoms with E-state index in [-0.39, 0.29) is 12.4 Å². The van der Waals surface area contributed by atoms with Crippen molar-refractivity contribution in [2.24, 2.45) is 0 Å². The number of nitrogens with one attached hydrogen (secondary N) is 1. The molecule has 0 fully saturated rings. The molecule has 1 heterocycles. The predicted molar refractivity (Wildman–Crippen MR) is 63.3 cm³/mol. The Labute approximate surface area is 114 Å². The van der Waals surface area contributed by atoms with Crippen LogP contribution in [0.3, 0.4) is 0 Å². The first-order chi connectivity index (χ1) is 9.37. The van der Waals surface area contributed by atoms with Crippen molar-refractivity contribution in [1.29, 1.82) is 0 Å². The normalized spacial score (nSPS) is 13.2. The summed E-state index contributed by atoms with van der Waals surface area (Å²) >= 11 is 0. The number of likely N-dealkylation sites (N-methyl/N-ethyl adjacent to an activating group) is 1. The number of furan rings is 1. The van der Waals surface area contributed by atoms with Crippen molar-refractivity contribution in [1.82, 2.24) is 5.32 Å². The van der Waals surface area contributed by atoms with Crippen molar-refractivity contribution in [2.45, 2.75) is 19.1 Å². The minimum Gasteiger partial charge on any atom is -0.463 e. The first-order valence-electron chi connectivity index (χ1n) is 5.93. The van der Waals surface area contributed by atoms with E-state index in [2.05, 4.69) is 14.8 Å². The van der Waals surface area contributed by atoms with Gasteiger partial charge in [-0.05, 0) is 18.7 Å². The number of hydrogen-bond donors (Lipinski definition) is 1. The fraction of sp³-hybridized carbons (Fsp3) is 0.583. The van der Waals surface area contributed by atoms with E-state index in [9.17, 15) is 18.0 Å². The molecule has 0 saturated carbocycles. The molecule has 0 aliphatic rings. The van der Waals surface area contributed by atoms with E-state index >= 15 is 0 Å². The first kappa shape index (κ1) is 16.5. The molecular formula is C12H16F3NO4. The molecule has 8 heteroatoms. The second-order valence-corrected chi connectivity index (χ2v) is 3.93. The zero-order valence-corrected chi connectivity index (χ0v) is 11.1. The third kappa shape index (κ3) is 5.22. The predicted octanol–water partition coefficient (Wildman–Crippen LogP) is 2.30. The van der Waals surface area contributed by atoms with E-state index in [4.69, 9.17) is 4.42 Å². The number of methoxy groups -OCH3 is 1. The lowest BCUT2D eigenvalue weighted by atomic mass is 10.2. The Kier molecular flexibility index (Phi) is 6.03. The highest BCUT2D eigenvalue weighted by atomic mass is 19.4. The number of hydrogen-bond acceptors (Lipinski definition) is 5. The van der Waals surface area contributed by atoms with Crippen LogP contribution in [-0.2, 0) is 9.47 Å². The number of carbonyl (C=O) groups is 1. The number of halogens is 3. The molecule has 0 amide bonds. The summed E-state index contributed by atoms with van der Waals surface area (Å²) in [5.41, 5.74) is 0. The Balaban J connectivity index is 2.65. The van der Waals surface area contributed by atoms with Crippen LogP contribution in [0.4, 0.5) is 13.2 Å². The number of rotatable bonds is 7. The molecule has 1 rings (SSSR count). The highest BCUT2D eigenvalue weighted by Gasteiger charge is 2.28. The van der Waals surface area contributed by atoms with Crippen LogP contribution in [-0.4, -0.2) is 39.0 Å². The molecule has 1 N–H and O–H groups in total. The monoisotopic (exact) mass is 295 g/mol. The largest absolute Gasteiger partial charge is 0.463 e. The Hall–Kier alpha value is -1.54. The average molecular weight is 295 g/mol. The van der Waals surface area contributed by atoms with Crippen LogP contribution in [0.5, 0.6) is 0 Å². The van der Waals surface area contributed by atoms with Gasteiger partial charge in [0.15, 0.2) is 0 Å². The Morgan fingerprint density at radius 3 is 2.70 bits per heavy atom. The van der Waals surface area contributed by atoms with Crippen LogP contribution in [0.15, 0.2) is 16.5 Å². The number of esters is 1. The summed E-state index contributed by atoms with van der Waals surface area (Å²) in [7, 11) is 1.21. The summed E-state index contributed by atoms with van der Waals surface area (Å²) in [6, 6.07) is 2.33. The molecule has 0 radical (unpaired) electrons. The van der Waals surface area contributed by atoms with E-state index in [1.807, 2.05) is 0 Å². The van der Waals surface area contributed by atoms with Crippen molar-refractivity contribution in [3.05, 3.63) is 23.7 Å². The summed E-state index contributed by atoms with van der Waals surface area (Å²) in [6.07, 6.45) is -4.38. The number of alkyl halides is 3. The lowest BCUT2D eigenvalue weighted by Crippen LogP contribution is -2.27. The molecule has 1 unspecified atom stereocenters. The van der Waals surface area contributed by atoms with Crippen molar-refractivity contribution in [2.75, 3.05) is 26.9 Å². The lowest BCUT2D eigenvalue weighted by molar-refractivity contribution is -0.175. The van der Waals surface area contributed by atoms with Gasteiger partial charge in [0.05, 0.1) is 19.8 Å². The maximum absolute atomic E-state index is 12.0. The summed E-state index contributed by atoms with van der Waals surface area (Å²) in [5, 5.41) is 2.92. The van der Waals surface area contributed by atoms with Crippen molar-refractivity contribution >= 4 is 5.97 Å². The van der Waals surface area contributed by atoms with E-state index in [1.165, 1.54) is 19.2 Å². The molecule has 0 aromatic carbocycles. The SMILES string of the molecule is CCNC(COCC(F)(F)F)c1ccc(C(=O)OC)o1. The van der Waals surface area contributed by atoms with Gasteiger partial charge in [-0.1, -0.05) is 6.92 Å². The first-order valence-corrected chi connectivity index (χ1v) is 5.93. The van der Waals surface area contributed by atoms with E-state index in [0.29, 0.717) is 12.3 Å². The standard InChI is InChI=1S/C12H16F3NO4/c1-3-16-8(6-19-7-12(13,14)15)9-4-5-10(20-9)11(17)18-2/h4-5,8,16H,3,6-7H2,1-2H3. The van der Waals surface area contributed by atoms with Gasteiger partial charge in [0.1, 0.15) is 12.4 Å². The molecule has 0 aliphatic heterocycles. The average Bonchev–Trinajstić information content (AvgIpc) is 2.85. The Morgan fingerprint density at radius 2 is 2.15 bits per heavy atom.